The van der Waals surface area contributed by atoms with Gasteiger partial charge in [0.15, 0.2) is 5.82 Å². The van der Waals surface area contributed by atoms with Gasteiger partial charge in [-0.3, -0.25) is 0 Å². The fourth-order valence-electron chi connectivity index (χ4n) is 4.51. The molecule has 2 aromatic rings. The van der Waals surface area contributed by atoms with Crippen LogP contribution in [0.1, 0.15) is 45.4 Å². The molecule has 33 heavy (non-hydrogen) atoms. The van der Waals surface area contributed by atoms with E-state index in [0.717, 1.165) is 29.2 Å². The van der Waals surface area contributed by atoms with Crippen molar-refractivity contribution in [3.05, 3.63) is 35.5 Å². The minimum absolute atomic E-state index is 0.179. The van der Waals surface area contributed by atoms with Gasteiger partial charge in [-0.25, -0.2) is 14.8 Å². The molecule has 3 heterocycles. The molecular formula is C24H33N5O4. The SMILES string of the molecule is CCNC(=O)Nc1ccc(-c2nc(N3CCOCC3C)c3c(n2)[C@@](C)(CC(C)O)OC3)cc1. The number of rotatable bonds is 6. The molecule has 9 heteroatoms. The van der Waals surface area contributed by atoms with E-state index in [4.69, 9.17) is 19.4 Å². The van der Waals surface area contributed by atoms with E-state index in [-0.39, 0.29) is 12.1 Å². The highest BCUT2D eigenvalue weighted by atomic mass is 16.5. The van der Waals surface area contributed by atoms with Crippen LogP contribution in [0.25, 0.3) is 11.4 Å². The predicted molar refractivity (Wildman–Crippen MR) is 126 cm³/mol. The molecular weight excluding hydrogens is 422 g/mol. The molecule has 1 aromatic heterocycles. The van der Waals surface area contributed by atoms with Crippen molar-refractivity contribution >= 4 is 17.5 Å². The van der Waals surface area contributed by atoms with E-state index in [1.807, 2.05) is 38.1 Å². The quantitative estimate of drug-likeness (QED) is 0.614. The minimum Gasteiger partial charge on any atom is -0.393 e. The lowest BCUT2D eigenvalue weighted by molar-refractivity contribution is -0.0547. The largest absolute Gasteiger partial charge is 0.393 e. The van der Waals surface area contributed by atoms with E-state index in [0.29, 0.717) is 44.3 Å². The standard InChI is InChI=1S/C24H33N5O4/c1-5-25-23(31)26-18-8-6-17(7-9-18)21-27-20-19(14-33-24(20,4)12-16(3)30)22(28-21)29-10-11-32-13-15(29)2/h6-9,15-16,30H,5,10-14H2,1-4H3,(H2,25,26,31)/t15?,16?,24-/m1/s1. The number of aromatic nitrogens is 2. The van der Waals surface area contributed by atoms with E-state index in [1.54, 1.807) is 6.92 Å². The monoisotopic (exact) mass is 455 g/mol. The van der Waals surface area contributed by atoms with E-state index < -0.39 is 11.7 Å². The number of aliphatic hydroxyl groups is 1. The summed E-state index contributed by atoms with van der Waals surface area (Å²) in [5.74, 6) is 1.46. The molecule has 1 saturated heterocycles. The Bertz CT molecular complexity index is 997. The van der Waals surface area contributed by atoms with E-state index in [2.05, 4.69) is 22.5 Å². The van der Waals surface area contributed by atoms with Gasteiger partial charge in [-0.05, 0) is 52.0 Å². The summed E-state index contributed by atoms with van der Waals surface area (Å²) in [6.45, 7) is 10.7. The summed E-state index contributed by atoms with van der Waals surface area (Å²) in [7, 11) is 0. The Morgan fingerprint density at radius 2 is 2.09 bits per heavy atom. The number of benzene rings is 1. The average molecular weight is 456 g/mol. The lowest BCUT2D eigenvalue weighted by atomic mass is 9.93. The molecule has 2 aliphatic rings. The van der Waals surface area contributed by atoms with E-state index in [9.17, 15) is 9.90 Å². The number of fused-ring (bicyclic) bond motifs is 1. The lowest BCUT2D eigenvalue weighted by Crippen LogP contribution is -2.44. The molecule has 2 unspecified atom stereocenters. The molecule has 0 bridgehead atoms. The number of carbonyl (C=O) groups is 1. The summed E-state index contributed by atoms with van der Waals surface area (Å²) >= 11 is 0. The van der Waals surface area contributed by atoms with Crippen LogP contribution >= 0.6 is 0 Å². The van der Waals surface area contributed by atoms with Gasteiger partial charge in [0.25, 0.3) is 0 Å². The molecule has 0 spiro atoms. The molecule has 3 N–H and O–H groups in total. The van der Waals surface area contributed by atoms with Gasteiger partial charge < -0.3 is 30.1 Å². The molecule has 1 fully saturated rings. The summed E-state index contributed by atoms with van der Waals surface area (Å²) in [6, 6.07) is 7.41. The second kappa shape index (κ2) is 9.62. The number of hydrogen-bond acceptors (Lipinski definition) is 7. The molecule has 2 aliphatic heterocycles. The third-order valence-corrected chi connectivity index (χ3v) is 6.08. The highest BCUT2D eigenvalue weighted by molar-refractivity contribution is 5.89. The average Bonchev–Trinajstić information content (AvgIpc) is 3.10. The van der Waals surface area contributed by atoms with Crippen molar-refractivity contribution in [3.8, 4) is 11.4 Å². The van der Waals surface area contributed by atoms with Crippen molar-refractivity contribution in [2.75, 3.05) is 36.5 Å². The van der Waals surface area contributed by atoms with Crippen LogP contribution in [0.2, 0.25) is 0 Å². The maximum atomic E-state index is 11.8. The Labute approximate surface area is 194 Å². The van der Waals surface area contributed by atoms with Crippen LogP contribution < -0.4 is 15.5 Å². The lowest BCUT2D eigenvalue weighted by Gasteiger charge is -2.35. The smallest absolute Gasteiger partial charge is 0.319 e. The molecule has 9 nitrogen and oxygen atoms in total. The minimum atomic E-state index is -0.689. The van der Waals surface area contributed by atoms with E-state index in [1.165, 1.54) is 0 Å². The highest BCUT2D eigenvalue weighted by Crippen LogP contribution is 2.43. The third kappa shape index (κ3) is 4.95. The molecule has 1 aromatic carbocycles. The summed E-state index contributed by atoms with van der Waals surface area (Å²) in [5, 5.41) is 15.6. The number of nitrogens with one attached hydrogen (secondary N) is 2. The number of ether oxygens (including phenoxy) is 2. The third-order valence-electron chi connectivity index (χ3n) is 6.08. The zero-order valence-electron chi connectivity index (χ0n) is 19.7. The van der Waals surface area contributed by atoms with Crippen LogP contribution in [0.5, 0.6) is 0 Å². The van der Waals surface area contributed by atoms with Crippen molar-refractivity contribution in [3.63, 3.8) is 0 Å². The summed E-state index contributed by atoms with van der Waals surface area (Å²) in [5.41, 5.74) is 2.64. The second-order valence-electron chi connectivity index (χ2n) is 8.95. The first kappa shape index (κ1) is 23.4. The molecule has 0 aliphatic carbocycles. The molecule has 178 valence electrons. The molecule has 3 atom stereocenters. The van der Waals surface area contributed by atoms with Crippen molar-refractivity contribution in [2.24, 2.45) is 0 Å². The van der Waals surface area contributed by atoms with E-state index >= 15 is 0 Å². The Morgan fingerprint density at radius 3 is 2.76 bits per heavy atom. The highest BCUT2D eigenvalue weighted by Gasteiger charge is 2.42. The normalized spacial score (nSPS) is 23.2. The summed E-state index contributed by atoms with van der Waals surface area (Å²) in [4.78, 5) is 24.0. The second-order valence-corrected chi connectivity index (χ2v) is 8.95. The van der Waals surface area contributed by atoms with Crippen molar-refractivity contribution in [1.29, 1.82) is 0 Å². The van der Waals surface area contributed by atoms with Gasteiger partial charge in [0.1, 0.15) is 11.4 Å². The maximum Gasteiger partial charge on any atom is 0.319 e. The Hall–Kier alpha value is -2.75. The maximum absolute atomic E-state index is 11.8. The first-order valence-electron chi connectivity index (χ1n) is 11.5. The van der Waals surface area contributed by atoms with Gasteiger partial charge in [-0.1, -0.05) is 0 Å². The first-order chi connectivity index (χ1) is 15.8. The van der Waals surface area contributed by atoms with Crippen LogP contribution in [-0.4, -0.2) is 59.6 Å². The zero-order chi connectivity index (χ0) is 23.6. The van der Waals surface area contributed by atoms with Crippen LogP contribution in [-0.2, 0) is 21.7 Å². The van der Waals surface area contributed by atoms with Crippen molar-refractivity contribution in [2.45, 2.75) is 58.5 Å². The van der Waals surface area contributed by atoms with Crippen LogP contribution in [0, 0.1) is 0 Å². The number of nitrogens with zero attached hydrogens (tertiary/aromatic N) is 3. The van der Waals surface area contributed by atoms with Gasteiger partial charge in [0.2, 0.25) is 0 Å². The van der Waals surface area contributed by atoms with Gasteiger partial charge >= 0.3 is 6.03 Å². The molecule has 0 radical (unpaired) electrons. The fraction of sp³-hybridized carbons (Fsp3) is 0.542. The zero-order valence-corrected chi connectivity index (χ0v) is 19.7. The number of morpholine rings is 1. The predicted octanol–water partition coefficient (Wildman–Crippen LogP) is 3.03. The molecule has 0 saturated carbocycles. The van der Waals surface area contributed by atoms with Crippen molar-refractivity contribution < 1.29 is 19.4 Å². The molecule has 2 amide bonds. The van der Waals surface area contributed by atoms with Crippen LogP contribution in [0.15, 0.2) is 24.3 Å². The van der Waals surface area contributed by atoms with Gasteiger partial charge in [-0.2, -0.15) is 0 Å². The number of urea groups is 1. The Morgan fingerprint density at radius 1 is 1.33 bits per heavy atom. The van der Waals surface area contributed by atoms with Gasteiger partial charge in [0, 0.05) is 36.3 Å². The number of anilines is 2. The first-order valence-corrected chi connectivity index (χ1v) is 11.5. The van der Waals surface area contributed by atoms with Crippen LogP contribution in [0.4, 0.5) is 16.3 Å². The topological polar surface area (TPSA) is 109 Å². The molecule has 4 rings (SSSR count). The number of amides is 2. The Balaban J connectivity index is 1.73. The summed E-state index contributed by atoms with van der Waals surface area (Å²) in [6.07, 6.45) is -0.0750. The van der Waals surface area contributed by atoms with Crippen molar-refractivity contribution in [1.82, 2.24) is 15.3 Å². The number of aliphatic hydroxyl groups excluding tert-OH is 1. The van der Waals surface area contributed by atoms with Gasteiger partial charge in [-0.15, -0.1) is 0 Å². The number of carbonyl (C=O) groups excluding carboxylic acids is 1. The van der Waals surface area contributed by atoms with Gasteiger partial charge in [0.05, 0.1) is 37.7 Å². The number of hydrogen-bond donors (Lipinski definition) is 3. The van der Waals surface area contributed by atoms with Crippen LogP contribution in [0.3, 0.4) is 0 Å². The fourth-order valence-corrected chi connectivity index (χ4v) is 4.51. The Kier molecular flexibility index (Phi) is 6.83. The summed E-state index contributed by atoms with van der Waals surface area (Å²) < 4.78 is 11.8.